The molecule has 1 aromatic carbocycles. The first kappa shape index (κ1) is 21.9. The molecule has 1 atom stereocenters. The maximum Gasteiger partial charge on any atom is 0.328 e. The molecule has 0 aliphatic rings. The number of ether oxygens (including phenoxy) is 2. The number of Topliss-reactive ketones (excluding diaryl/α,β-unsaturated/α-hetero) is 1. The molecule has 0 unspecified atom stereocenters. The van der Waals surface area contributed by atoms with E-state index in [1.807, 2.05) is 30.3 Å². The molecule has 1 rings (SSSR count). The molecule has 26 heavy (non-hydrogen) atoms. The Morgan fingerprint density at radius 3 is 1.88 bits per heavy atom. The molecular weight excluding hydrogens is 332 g/mol. The molecule has 0 spiro atoms. The summed E-state index contributed by atoms with van der Waals surface area (Å²) in [6.45, 7) is 9.40. The maximum atomic E-state index is 13.4. The summed E-state index contributed by atoms with van der Waals surface area (Å²) in [7, 11) is 0. The summed E-state index contributed by atoms with van der Waals surface area (Å²) in [5, 5.41) is 0. The van der Waals surface area contributed by atoms with Gasteiger partial charge in [-0.25, -0.2) is 0 Å². The average Bonchev–Trinajstić information content (AvgIpc) is 2.61. The molecule has 0 saturated carbocycles. The van der Waals surface area contributed by atoms with E-state index in [1.54, 1.807) is 20.8 Å². The number of rotatable bonds is 10. The zero-order valence-corrected chi connectivity index (χ0v) is 16.4. The molecule has 5 nitrogen and oxygen atoms in total. The van der Waals surface area contributed by atoms with Gasteiger partial charge < -0.3 is 9.47 Å². The number of ketones is 1. The van der Waals surface area contributed by atoms with Crippen molar-refractivity contribution in [1.82, 2.24) is 0 Å². The molecule has 0 aliphatic heterocycles. The van der Waals surface area contributed by atoms with Crippen molar-refractivity contribution in [3.8, 4) is 0 Å². The molecule has 1 aromatic rings. The molecule has 0 aromatic heterocycles. The van der Waals surface area contributed by atoms with E-state index in [2.05, 4.69) is 13.8 Å². The molecule has 0 heterocycles. The summed E-state index contributed by atoms with van der Waals surface area (Å²) in [5.74, 6) is -3.34. The lowest BCUT2D eigenvalue weighted by Gasteiger charge is -2.31. The standard InChI is InChI=1S/C21H30O5/c1-6-25-19(23)17(20(24)26-7-2)18(22)21(5,14-13-15(3)4)16-11-9-8-10-12-16/h8-12,15,17H,6-7,13-14H2,1-5H3/t21-/m0/s1. The summed E-state index contributed by atoms with van der Waals surface area (Å²) in [6.07, 6.45) is 1.32. The summed E-state index contributed by atoms with van der Waals surface area (Å²) in [5.41, 5.74) is -0.195. The monoisotopic (exact) mass is 362 g/mol. The Balaban J connectivity index is 3.33. The third-order valence-electron chi connectivity index (χ3n) is 4.48. The van der Waals surface area contributed by atoms with E-state index in [9.17, 15) is 14.4 Å². The van der Waals surface area contributed by atoms with Crippen LogP contribution in [0, 0.1) is 11.8 Å². The molecule has 0 radical (unpaired) electrons. The summed E-state index contributed by atoms with van der Waals surface area (Å²) in [6, 6.07) is 9.27. The van der Waals surface area contributed by atoms with Crippen LogP contribution in [-0.2, 0) is 29.3 Å². The minimum atomic E-state index is -1.56. The fourth-order valence-electron chi connectivity index (χ4n) is 2.87. The predicted octanol–water partition coefficient (Wildman–Crippen LogP) is 3.69. The second-order valence-electron chi connectivity index (χ2n) is 6.93. The highest BCUT2D eigenvalue weighted by Crippen LogP contribution is 2.34. The van der Waals surface area contributed by atoms with E-state index in [-0.39, 0.29) is 13.2 Å². The lowest BCUT2D eigenvalue weighted by Crippen LogP contribution is -2.45. The van der Waals surface area contributed by atoms with Crippen molar-refractivity contribution in [3.63, 3.8) is 0 Å². The molecule has 0 aliphatic carbocycles. The topological polar surface area (TPSA) is 69.7 Å². The van der Waals surface area contributed by atoms with Crippen molar-refractivity contribution in [2.45, 2.75) is 52.9 Å². The van der Waals surface area contributed by atoms with Gasteiger partial charge in [-0.2, -0.15) is 0 Å². The van der Waals surface area contributed by atoms with Crippen LogP contribution in [0.5, 0.6) is 0 Å². The smallest absolute Gasteiger partial charge is 0.328 e. The second-order valence-corrected chi connectivity index (χ2v) is 6.93. The van der Waals surface area contributed by atoms with E-state index in [4.69, 9.17) is 9.47 Å². The normalized spacial score (nSPS) is 13.3. The highest BCUT2D eigenvalue weighted by Gasteiger charge is 2.47. The third kappa shape index (κ3) is 5.41. The molecule has 144 valence electrons. The molecule has 0 N–H and O–H groups in total. The molecule has 0 bridgehead atoms. The molecular formula is C21H30O5. The zero-order chi connectivity index (χ0) is 19.7. The Kier molecular flexibility index (Phi) is 8.49. The minimum Gasteiger partial charge on any atom is -0.465 e. The van der Waals surface area contributed by atoms with Crippen LogP contribution >= 0.6 is 0 Å². The first-order chi connectivity index (χ1) is 12.3. The van der Waals surface area contributed by atoms with Gasteiger partial charge in [0.1, 0.15) is 0 Å². The van der Waals surface area contributed by atoms with Crippen molar-refractivity contribution in [1.29, 1.82) is 0 Å². The van der Waals surface area contributed by atoms with Crippen molar-refractivity contribution in [2.24, 2.45) is 11.8 Å². The van der Waals surface area contributed by atoms with E-state index in [0.717, 1.165) is 12.0 Å². The number of carbonyl (C=O) groups excluding carboxylic acids is 3. The number of hydrogen-bond acceptors (Lipinski definition) is 5. The highest BCUT2D eigenvalue weighted by atomic mass is 16.6. The Bertz CT molecular complexity index is 590. The van der Waals surface area contributed by atoms with Crippen LogP contribution in [0.25, 0.3) is 0 Å². The highest BCUT2D eigenvalue weighted by molar-refractivity contribution is 6.18. The largest absolute Gasteiger partial charge is 0.465 e. The SMILES string of the molecule is CCOC(=O)C(C(=O)OCC)C(=O)[C@@](C)(CCC(C)C)c1ccccc1. The van der Waals surface area contributed by atoms with Gasteiger partial charge in [0, 0.05) is 0 Å². The van der Waals surface area contributed by atoms with Crippen LogP contribution in [0.3, 0.4) is 0 Å². The van der Waals surface area contributed by atoms with Crippen LogP contribution in [0.2, 0.25) is 0 Å². The first-order valence-electron chi connectivity index (χ1n) is 9.21. The van der Waals surface area contributed by atoms with Crippen molar-refractivity contribution in [3.05, 3.63) is 35.9 Å². The van der Waals surface area contributed by atoms with E-state index in [0.29, 0.717) is 12.3 Å². The first-order valence-corrected chi connectivity index (χ1v) is 9.21. The van der Waals surface area contributed by atoms with Gasteiger partial charge in [0.05, 0.1) is 18.6 Å². The van der Waals surface area contributed by atoms with Gasteiger partial charge in [-0.15, -0.1) is 0 Å². The van der Waals surface area contributed by atoms with Crippen LogP contribution in [0.1, 0.15) is 53.0 Å². The number of hydrogen-bond donors (Lipinski definition) is 0. The Labute approximate surface area is 156 Å². The van der Waals surface area contributed by atoms with E-state index < -0.39 is 29.1 Å². The predicted molar refractivity (Wildman–Crippen MR) is 99.6 cm³/mol. The summed E-state index contributed by atoms with van der Waals surface area (Å²) in [4.78, 5) is 38.2. The number of carbonyl (C=O) groups is 3. The fourth-order valence-corrected chi connectivity index (χ4v) is 2.87. The van der Waals surface area contributed by atoms with Gasteiger partial charge in [0.25, 0.3) is 0 Å². The number of benzene rings is 1. The molecule has 0 saturated heterocycles. The van der Waals surface area contributed by atoms with Gasteiger partial charge in [-0.3, -0.25) is 14.4 Å². The average molecular weight is 362 g/mol. The van der Waals surface area contributed by atoms with Crippen LogP contribution in [-0.4, -0.2) is 30.9 Å². The van der Waals surface area contributed by atoms with Gasteiger partial charge in [-0.05, 0) is 45.1 Å². The van der Waals surface area contributed by atoms with Crippen molar-refractivity contribution >= 4 is 17.7 Å². The summed E-state index contributed by atoms with van der Waals surface area (Å²) < 4.78 is 9.98. The lowest BCUT2D eigenvalue weighted by atomic mass is 9.70. The maximum absolute atomic E-state index is 13.4. The van der Waals surface area contributed by atoms with Crippen molar-refractivity contribution < 1.29 is 23.9 Å². The van der Waals surface area contributed by atoms with Gasteiger partial charge in [-0.1, -0.05) is 44.2 Å². The second kappa shape index (κ2) is 10.1. The van der Waals surface area contributed by atoms with Gasteiger partial charge in [0.2, 0.25) is 5.92 Å². The number of esters is 2. The molecule has 0 amide bonds. The van der Waals surface area contributed by atoms with Crippen LogP contribution in [0.15, 0.2) is 30.3 Å². The van der Waals surface area contributed by atoms with Crippen LogP contribution in [0.4, 0.5) is 0 Å². The van der Waals surface area contributed by atoms with E-state index in [1.165, 1.54) is 0 Å². The fraction of sp³-hybridized carbons (Fsp3) is 0.571. The third-order valence-corrected chi connectivity index (χ3v) is 4.48. The van der Waals surface area contributed by atoms with Gasteiger partial charge >= 0.3 is 11.9 Å². The Morgan fingerprint density at radius 2 is 1.46 bits per heavy atom. The Hall–Kier alpha value is -2.17. The zero-order valence-electron chi connectivity index (χ0n) is 16.4. The van der Waals surface area contributed by atoms with Crippen molar-refractivity contribution in [2.75, 3.05) is 13.2 Å². The van der Waals surface area contributed by atoms with E-state index >= 15 is 0 Å². The Morgan fingerprint density at radius 1 is 0.962 bits per heavy atom. The molecule has 5 heteroatoms. The van der Waals surface area contributed by atoms with Crippen LogP contribution < -0.4 is 0 Å². The molecule has 0 fully saturated rings. The minimum absolute atomic E-state index is 0.0933. The van der Waals surface area contributed by atoms with Gasteiger partial charge in [0.15, 0.2) is 5.78 Å². The quantitative estimate of drug-likeness (QED) is 0.469. The lowest BCUT2D eigenvalue weighted by molar-refractivity contribution is -0.165. The summed E-state index contributed by atoms with van der Waals surface area (Å²) >= 11 is 0.